The number of imidazole rings is 1. The smallest absolute Gasteiger partial charge is 0.199 e. The first-order chi connectivity index (χ1) is 15.5. The van der Waals surface area contributed by atoms with Crippen LogP contribution >= 0.6 is 0 Å². The molecule has 6 rings (SSSR count). The lowest BCUT2D eigenvalue weighted by Crippen LogP contribution is -2.41. The standard InChI is InChI=1S/C22H21FN6O3/c23-11-3-4-15-14(10-11)26-21(17-20(24)28-32-27-17)29(15)12-5-7-22(8-6-12)13-2-1-9-25-16(13)18(30)19(22)31/h1-4,9-10,12,18-19,30-31H,5-8H2,(H2,24,28)/t12?,18-,19-,22?/m1/s1. The molecule has 2 aliphatic carbocycles. The van der Waals surface area contributed by atoms with E-state index in [1.165, 1.54) is 12.1 Å². The molecule has 9 nitrogen and oxygen atoms in total. The molecule has 0 aliphatic heterocycles. The zero-order valence-corrected chi connectivity index (χ0v) is 17.0. The summed E-state index contributed by atoms with van der Waals surface area (Å²) in [4.78, 5) is 8.90. The van der Waals surface area contributed by atoms with E-state index in [4.69, 9.17) is 10.4 Å². The predicted molar refractivity (Wildman–Crippen MR) is 112 cm³/mol. The molecular formula is C22H21FN6O3. The number of aromatic nitrogens is 5. The molecule has 1 saturated carbocycles. The van der Waals surface area contributed by atoms with Crippen molar-refractivity contribution in [3.05, 3.63) is 53.6 Å². The lowest BCUT2D eigenvalue weighted by molar-refractivity contribution is -0.0316. The minimum Gasteiger partial charge on any atom is -0.389 e. The van der Waals surface area contributed by atoms with Crippen LogP contribution in [0.2, 0.25) is 0 Å². The minimum atomic E-state index is -0.989. The average molecular weight is 436 g/mol. The number of fused-ring (bicyclic) bond motifs is 3. The molecule has 1 aromatic carbocycles. The second-order valence-corrected chi connectivity index (χ2v) is 8.65. The molecule has 0 unspecified atom stereocenters. The second kappa shape index (κ2) is 6.81. The topological polar surface area (TPSA) is 136 Å². The first-order valence-electron chi connectivity index (χ1n) is 10.6. The third kappa shape index (κ3) is 2.56. The molecule has 0 radical (unpaired) electrons. The van der Waals surface area contributed by atoms with Crippen LogP contribution < -0.4 is 5.73 Å². The van der Waals surface area contributed by atoms with Crippen molar-refractivity contribution < 1.29 is 19.2 Å². The average Bonchev–Trinajstić information content (AvgIpc) is 3.45. The summed E-state index contributed by atoms with van der Waals surface area (Å²) in [6, 6.07) is 8.27. The Morgan fingerprint density at radius 3 is 2.72 bits per heavy atom. The van der Waals surface area contributed by atoms with Gasteiger partial charge in [0.15, 0.2) is 17.3 Å². The Kier molecular flexibility index (Phi) is 4.11. The van der Waals surface area contributed by atoms with Gasteiger partial charge in [0.1, 0.15) is 11.9 Å². The maximum absolute atomic E-state index is 13.9. The fraction of sp³-hybridized carbons (Fsp3) is 0.364. The Morgan fingerprint density at radius 2 is 1.97 bits per heavy atom. The highest BCUT2D eigenvalue weighted by molar-refractivity contribution is 5.82. The van der Waals surface area contributed by atoms with Crippen LogP contribution in [0.5, 0.6) is 0 Å². The highest BCUT2D eigenvalue weighted by atomic mass is 19.1. The normalized spacial score (nSPS) is 27.3. The quantitative estimate of drug-likeness (QED) is 0.436. The van der Waals surface area contributed by atoms with Crippen LogP contribution in [-0.2, 0) is 5.41 Å². The van der Waals surface area contributed by atoms with Crippen LogP contribution in [-0.4, -0.2) is 41.2 Å². The van der Waals surface area contributed by atoms with Crippen molar-refractivity contribution in [2.45, 2.75) is 49.3 Å². The summed E-state index contributed by atoms with van der Waals surface area (Å²) >= 11 is 0. The van der Waals surface area contributed by atoms with Gasteiger partial charge in [-0.15, -0.1) is 0 Å². The number of benzene rings is 1. The molecule has 1 fully saturated rings. The van der Waals surface area contributed by atoms with Gasteiger partial charge in [-0.1, -0.05) is 6.07 Å². The number of anilines is 1. The monoisotopic (exact) mass is 436 g/mol. The third-order valence-corrected chi connectivity index (χ3v) is 7.11. The van der Waals surface area contributed by atoms with E-state index in [0.29, 0.717) is 48.4 Å². The Balaban J connectivity index is 1.41. The molecule has 3 aromatic heterocycles. The molecule has 3 heterocycles. The van der Waals surface area contributed by atoms with E-state index in [1.807, 2.05) is 16.7 Å². The number of pyridine rings is 1. The third-order valence-electron chi connectivity index (χ3n) is 7.11. The van der Waals surface area contributed by atoms with Crippen LogP contribution in [0.15, 0.2) is 41.2 Å². The molecule has 0 amide bonds. The van der Waals surface area contributed by atoms with Crippen molar-refractivity contribution in [3.63, 3.8) is 0 Å². The molecular weight excluding hydrogens is 415 g/mol. The lowest BCUT2D eigenvalue weighted by Gasteiger charge is -2.41. The van der Waals surface area contributed by atoms with Crippen LogP contribution in [0.25, 0.3) is 22.6 Å². The summed E-state index contributed by atoms with van der Waals surface area (Å²) in [5.41, 5.74) is 8.44. The zero-order valence-electron chi connectivity index (χ0n) is 17.0. The van der Waals surface area contributed by atoms with Gasteiger partial charge >= 0.3 is 0 Å². The van der Waals surface area contributed by atoms with Gasteiger partial charge in [-0.05, 0) is 59.8 Å². The van der Waals surface area contributed by atoms with E-state index in [0.717, 1.165) is 11.1 Å². The fourth-order valence-electron chi connectivity index (χ4n) is 5.59. The minimum absolute atomic E-state index is 0.00671. The number of hydrogen-bond acceptors (Lipinski definition) is 8. The number of halogens is 1. The largest absolute Gasteiger partial charge is 0.389 e. The first-order valence-corrected chi connectivity index (χ1v) is 10.6. The second-order valence-electron chi connectivity index (χ2n) is 8.65. The zero-order chi connectivity index (χ0) is 22.0. The van der Waals surface area contributed by atoms with Crippen molar-refractivity contribution in [2.24, 2.45) is 0 Å². The number of nitrogen functional groups attached to an aromatic ring is 1. The van der Waals surface area contributed by atoms with E-state index in [9.17, 15) is 14.6 Å². The SMILES string of the molecule is Nc1nonc1-c1nc2cc(F)ccc2n1C1CCC2(CC1)c1cccnc1[C@@H](O)[C@H]2O. The molecule has 2 aliphatic rings. The van der Waals surface area contributed by atoms with Gasteiger partial charge in [-0.25, -0.2) is 14.0 Å². The van der Waals surface area contributed by atoms with Gasteiger partial charge < -0.3 is 20.5 Å². The van der Waals surface area contributed by atoms with Crippen molar-refractivity contribution in [1.82, 2.24) is 24.8 Å². The summed E-state index contributed by atoms with van der Waals surface area (Å²) in [6.45, 7) is 0. The Labute approximate surface area is 181 Å². The van der Waals surface area contributed by atoms with E-state index in [-0.39, 0.29) is 17.7 Å². The van der Waals surface area contributed by atoms with Gasteiger partial charge in [0.05, 0.1) is 22.8 Å². The fourth-order valence-corrected chi connectivity index (χ4v) is 5.59. The molecule has 0 bridgehead atoms. The number of nitrogens with zero attached hydrogens (tertiary/aromatic N) is 5. The van der Waals surface area contributed by atoms with Crippen LogP contribution in [0.4, 0.5) is 10.2 Å². The summed E-state index contributed by atoms with van der Waals surface area (Å²) in [7, 11) is 0. The number of aliphatic hydroxyl groups excluding tert-OH is 2. The maximum atomic E-state index is 13.9. The van der Waals surface area contributed by atoms with Gasteiger partial charge in [-0.3, -0.25) is 4.98 Å². The molecule has 4 N–H and O–H groups in total. The van der Waals surface area contributed by atoms with Gasteiger partial charge in [0, 0.05) is 23.7 Å². The van der Waals surface area contributed by atoms with Crippen molar-refractivity contribution >= 4 is 16.9 Å². The Morgan fingerprint density at radius 1 is 1.16 bits per heavy atom. The Bertz CT molecular complexity index is 1330. The molecule has 0 saturated heterocycles. The summed E-state index contributed by atoms with van der Waals surface area (Å²) < 4.78 is 20.7. The van der Waals surface area contributed by atoms with Gasteiger partial charge in [-0.2, -0.15) is 0 Å². The Hall–Kier alpha value is -3.37. The predicted octanol–water partition coefficient (Wildman–Crippen LogP) is 2.66. The summed E-state index contributed by atoms with van der Waals surface area (Å²) in [5.74, 6) is 0.206. The van der Waals surface area contributed by atoms with Crippen molar-refractivity contribution in [2.75, 3.05) is 5.73 Å². The van der Waals surface area contributed by atoms with Crippen LogP contribution in [0.3, 0.4) is 0 Å². The molecule has 32 heavy (non-hydrogen) atoms. The number of hydrogen-bond donors (Lipinski definition) is 3. The number of rotatable bonds is 2. The van der Waals surface area contributed by atoms with Crippen LogP contribution in [0.1, 0.15) is 49.1 Å². The molecule has 4 aromatic rings. The summed E-state index contributed by atoms with van der Waals surface area (Å²) in [6.07, 6.45) is 2.47. The van der Waals surface area contributed by atoms with E-state index in [1.54, 1.807) is 12.3 Å². The number of nitrogens with two attached hydrogens (primary N) is 1. The van der Waals surface area contributed by atoms with Crippen molar-refractivity contribution in [3.8, 4) is 11.5 Å². The highest BCUT2D eigenvalue weighted by Crippen LogP contribution is 2.54. The van der Waals surface area contributed by atoms with Crippen LogP contribution in [0, 0.1) is 5.82 Å². The van der Waals surface area contributed by atoms with Crippen molar-refractivity contribution in [1.29, 1.82) is 0 Å². The molecule has 1 spiro atoms. The molecule has 164 valence electrons. The van der Waals surface area contributed by atoms with Gasteiger partial charge in [0.2, 0.25) is 0 Å². The van der Waals surface area contributed by atoms with E-state index >= 15 is 0 Å². The molecule has 10 heteroatoms. The number of aliphatic hydroxyl groups is 2. The maximum Gasteiger partial charge on any atom is 0.199 e. The van der Waals surface area contributed by atoms with E-state index in [2.05, 4.69) is 20.3 Å². The lowest BCUT2D eigenvalue weighted by atomic mass is 9.67. The first kappa shape index (κ1) is 19.3. The van der Waals surface area contributed by atoms with Gasteiger partial charge in [0.25, 0.3) is 0 Å². The molecule has 2 atom stereocenters. The highest BCUT2D eigenvalue weighted by Gasteiger charge is 2.53. The summed E-state index contributed by atoms with van der Waals surface area (Å²) in [5, 5.41) is 29.1. The van der Waals surface area contributed by atoms with E-state index < -0.39 is 17.6 Å².